The van der Waals surface area contributed by atoms with E-state index in [-0.39, 0.29) is 28.0 Å². The SMILES string of the molecule is C[n+]1c(-c2ccccc2)cc(N)nc1SCC1=C(C(=O)O)N2C(=O)[C@@H](NC(=O)/C(=N/OC(C)(C)C(=O)O)c3csc(N)n3)[C@H]2SC1. The Morgan fingerprint density at radius 3 is 2.57 bits per heavy atom. The number of aromatic nitrogens is 3. The van der Waals surface area contributed by atoms with Crippen molar-refractivity contribution in [3.8, 4) is 11.3 Å². The van der Waals surface area contributed by atoms with E-state index < -0.39 is 46.5 Å². The number of nitrogens with one attached hydrogen (secondary N) is 1. The largest absolute Gasteiger partial charge is 0.478 e. The predicted octanol–water partition coefficient (Wildman–Crippen LogP) is 1.31. The highest BCUT2D eigenvalue weighted by atomic mass is 32.2. The standard InChI is InChI=1S/C28H28N8O7S3/c1-28(2,25(41)42)43-34-18(15-12-45-26(30)31-15)21(37)33-19-22(38)36-20(24(39)40)14(10-44-23(19)36)11-46-27-32-17(29)9-16(35(27)3)13-7-5-4-6-8-13/h4-9,12,19,23,29H,10-11H2,1-3H3,(H5,30,31,33,37,39,40,41,42)/p+1/b34-18+/t19-,23-/m1/s1. The minimum absolute atomic E-state index is 0.0188. The number of aliphatic carboxylic acids is 2. The first-order valence-corrected chi connectivity index (χ1v) is 16.5. The lowest BCUT2D eigenvalue weighted by Crippen LogP contribution is -2.71. The number of carbonyl (C=O) groups is 4. The molecule has 18 heteroatoms. The fourth-order valence-corrected chi connectivity index (χ4v) is 7.56. The summed E-state index contributed by atoms with van der Waals surface area (Å²) in [4.78, 5) is 65.3. The van der Waals surface area contributed by atoms with E-state index in [1.54, 1.807) is 6.07 Å². The fraction of sp³-hybridized carbons (Fsp3) is 0.286. The second kappa shape index (κ2) is 13.0. The van der Waals surface area contributed by atoms with Gasteiger partial charge in [0, 0.05) is 22.4 Å². The Morgan fingerprint density at radius 2 is 1.93 bits per heavy atom. The molecule has 7 N–H and O–H groups in total. The summed E-state index contributed by atoms with van der Waals surface area (Å²) < 4.78 is 1.87. The Balaban J connectivity index is 1.34. The van der Waals surface area contributed by atoms with E-state index in [4.69, 9.17) is 16.3 Å². The number of thiazole rings is 1. The van der Waals surface area contributed by atoms with Gasteiger partial charge in [0.15, 0.2) is 10.8 Å². The molecule has 2 atom stereocenters. The smallest absolute Gasteiger partial charge is 0.362 e. The van der Waals surface area contributed by atoms with Gasteiger partial charge in [0.05, 0.1) is 13.1 Å². The first kappa shape index (κ1) is 32.7. The van der Waals surface area contributed by atoms with Crippen LogP contribution in [0.15, 0.2) is 63.4 Å². The van der Waals surface area contributed by atoms with Gasteiger partial charge in [0.2, 0.25) is 11.4 Å². The minimum Gasteiger partial charge on any atom is -0.478 e. The number of thioether (sulfide) groups is 2. The second-order valence-corrected chi connectivity index (χ2v) is 13.5. The van der Waals surface area contributed by atoms with Crippen molar-refractivity contribution in [2.75, 3.05) is 23.0 Å². The summed E-state index contributed by atoms with van der Waals surface area (Å²) in [5.41, 5.74) is 11.8. The van der Waals surface area contributed by atoms with Gasteiger partial charge < -0.3 is 31.8 Å². The van der Waals surface area contributed by atoms with Crippen LogP contribution in [0, 0.1) is 0 Å². The molecule has 1 fully saturated rings. The molecule has 2 aromatic heterocycles. The molecule has 2 amide bonds. The van der Waals surface area contributed by atoms with Crippen molar-refractivity contribution in [3.63, 3.8) is 0 Å². The summed E-state index contributed by atoms with van der Waals surface area (Å²) in [5, 5.41) is 27.2. The van der Waals surface area contributed by atoms with Crippen LogP contribution in [0.25, 0.3) is 11.3 Å². The molecule has 15 nitrogen and oxygen atoms in total. The third kappa shape index (κ3) is 6.49. The highest BCUT2D eigenvalue weighted by Gasteiger charge is 2.54. The topological polar surface area (TPSA) is 227 Å². The Bertz CT molecular complexity index is 1790. The van der Waals surface area contributed by atoms with Crippen LogP contribution in [-0.4, -0.2) is 83.1 Å². The van der Waals surface area contributed by atoms with E-state index in [0.29, 0.717) is 16.5 Å². The van der Waals surface area contributed by atoms with Crippen molar-refractivity contribution in [1.82, 2.24) is 20.2 Å². The quantitative estimate of drug-likeness (QED) is 0.0480. The van der Waals surface area contributed by atoms with E-state index in [1.165, 1.54) is 42.8 Å². The number of β-lactam (4-membered cyclic amide) rings is 1. The van der Waals surface area contributed by atoms with Crippen molar-refractivity contribution in [2.45, 2.75) is 36.0 Å². The number of rotatable bonds is 11. The summed E-state index contributed by atoms with van der Waals surface area (Å²) in [7, 11) is 1.84. The Morgan fingerprint density at radius 1 is 1.22 bits per heavy atom. The Kier molecular flexibility index (Phi) is 9.22. The molecule has 0 unspecified atom stereocenters. The summed E-state index contributed by atoms with van der Waals surface area (Å²) in [6, 6.07) is 10.3. The molecule has 0 bridgehead atoms. The number of carboxylic acids is 2. The number of hydrogen-bond donors (Lipinski definition) is 5. The number of oxime groups is 1. The zero-order valence-electron chi connectivity index (χ0n) is 24.7. The highest BCUT2D eigenvalue weighted by molar-refractivity contribution is 8.01. The molecule has 0 aliphatic carbocycles. The van der Waals surface area contributed by atoms with Crippen LogP contribution in [-0.2, 0) is 31.1 Å². The maximum Gasteiger partial charge on any atom is 0.362 e. The molecule has 240 valence electrons. The van der Waals surface area contributed by atoms with Gasteiger partial charge in [-0.15, -0.1) is 23.1 Å². The first-order chi connectivity index (χ1) is 21.8. The van der Waals surface area contributed by atoms with Gasteiger partial charge in [-0.3, -0.25) is 14.5 Å². The molecule has 3 aromatic rings. The molecule has 0 spiro atoms. The minimum atomic E-state index is -1.77. The number of benzene rings is 1. The lowest BCUT2D eigenvalue weighted by molar-refractivity contribution is -0.702. The van der Waals surface area contributed by atoms with Gasteiger partial charge in [-0.05, 0) is 36.2 Å². The zero-order chi connectivity index (χ0) is 33.3. The molecular formula is C28H29N8O7S3+. The molecule has 5 rings (SSSR count). The molecule has 0 saturated carbocycles. The van der Waals surface area contributed by atoms with Gasteiger partial charge >= 0.3 is 17.1 Å². The number of anilines is 2. The van der Waals surface area contributed by atoms with Gasteiger partial charge in [-0.1, -0.05) is 35.5 Å². The average molecular weight is 686 g/mol. The van der Waals surface area contributed by atoms with Crippen LogP contribution in [0.3, 0.4) is 0 Å². The number of hydrogen-bond acceptors (Lipinski definition) is 13. The van der Waals surface area contributed by atoms with Gasteiger partial charge in [-0.2, -0.15) is 0 Å². The van der Waals surface area contributed by atoms with Crippen LogP contribution < -0.4 is 21.4 Å². The lowest BCUT2D eigenvalue weighted by Gasteiger charge is -2.49. The van der Waals surface area contributed by atoms with Gasteiger partial charge in [-0.25, -0.2) is 19.1 Å². The monoisotopic (exact) mass is 685 g/mol. The Hall–Kier alpha value is -4.68. The number of carboxylic acid groups (broad SMARTS) is 2. The van der Waals surface area contributed by atoms with Gasteiger partial charge in [0.1, 0.15) is 28.5 Å². The van der Waals surface area contributed by atoms with Crippen LogP contribution in [0.4, 0.5) is 10.9 Å². The highest BCUT2D eigenvalue weighted by Crippen LogP contribution is 2.41. The Labute approximate surface area is 274 Å². The molecule has 1 saturated heterocycles. The molecule has 2 aliphatic rings. The maximum atomic E-state index is 13.3. The molecular weight excluding hydrogens is 657 g/mol. The lowest BCUT2D eigenvalue weighted by atomic mass is 10.0. The molecule has 1 aromatic carbocycles. The maximum absolute atomic E-state index is 13.3. The van der Waals surface area contributed by atoms with Crippen molar-refractivity contribution in [1.29, 1.82) is 0 Å². The number of fused-ring (bicyclic) bond motifs is 1. The summed E-state index contributed by atoms with van der Waals surface area (Å²) >= 11 is 3.61. The summed E-state index contributed by atoms with van der Waals surface area (Å²) in [6.07, 6.45) is 0. The van der Waals surface area contributed by atoms with Crippen LogP contribution in [0.2, 0.25) is 0 Å². The van der Waals surface area contributed by atoms with Crippen molar-refractivity contribution >= 4 is 75.3 Å². The van der Waals surface area contributed by atoms with Crippen LogP contribution >= 0.6 is 34.9 Å². The summed E-state index contributed by atoms with van der Waals surface area (Å²) in [5.74, 6) is -3.31. The van der Waals surface area contributed by atoms with E-state index in [9.17, 15) is 29.4 Å². The van der Waals surface area contributed by atoms with Crippen LogP contribution in [0.1, 0.15) is 19.5 Å². The van der Waals surface area contributed by atoms with Crippen molar-refractivity contribution < 1.29 is 38.8 Å². The van der Waals surface area contributed by atoms with Crippen LogP contribution in [0.5, 0.6) is 0 Å². The van der Waals surface area contributed by atoms with E-state index in [0.717, 1.165) is 27.5 Å². The van der Waals surface area contributed by atoms with E-state index >= 15 is 0 Å². The third-order valence-electron chi connectivity index (χ3n) is 7.00. The normalized spacial score (nSPS) is 18.1. The van der Waals surface area contributed by atoms with Crippen molar-refractivity contribution in [3.05, 3.63) is 58.7 Å². The fourth-order valence-electron chi connectivity index (χ4n) is 4.53. The zero-order valence-corrected chi connectivity index (χ0v) is 27.1. The number of nitrogen functional groups attached to an aromatic ring is 2. The first-order valence-electron chi connectivity index (χ1n) is 13.5. The third-order valence-corrected chi connectivity index (χ3v) is 10.1. The van der Waals surface area contributed by atoms with E-state index in [1.807, 2.05) is 41.9 Å². The molecule has 2 aliphatic heterocycles. The molecule has 4 heterocycles. The number of nitrogens with zero attached hydrogens (tertiary/aromatic N) is 5. The predicted molar refractivity (Wildman–Crippen MR) is 172 cm³/mol. The summed E-state index contributed by atoms with van der Waals surface area (Å²) in [6.45, 7) is 2.49. The number of carbonyl (C=O) groups excluding carboxylic acids is 2. The van der Waals surface area contributed by atoms with Crippen molar-refractivity contribution in [2.24, 2.45) is 12.2 Å². The average Bonchev–Trinajstić information content (AvgIpc) is 3.45. The van der Waals surface area contributed by atoms with E-state index in [2.05, 4.69) is 20.4 Å². The number of amides is 2. The molecule has 46 heavy (non-hydrogen) atoms. The number of nitrogens with two attached hydrogens (primary N) is 2. The van der Waals surface area contributed by atoms with Gasteiger partial charge in [0.25, 0.3) is 11.8 Å². The molecule has 0 radical (unpaired) electrons. The second-order valence-electron chi connectivity index (χ2n) is 10.6.